The van der Waals surface area contributed by atoms with E-state index >= 15 is 0 Å². The predicted molar refractivity (Wildman–Crippen MR) is 71.3 cm³/mol. The van der Waals surface area contributed by atoms with Crippen LogP contribution in [0.25, 0.3) is 10.8 Å². The second kappa shape index (κ2) is 5.27. The number of hydrogen-bond donors (Lipinski definition) is 1. The molecular formula is C13H11F2NOS. The van der Waals surface area contributed by atoms with E-state index in [9.17, 15) is 8.78 Å². The fraction of sp³-hybridized carbons (Fsp3) is 0.154. The van der Waals surface area contributed by atoms with E-state index in [1.165, 1.54) is 0 Å². The van der Waals surface area contributed by atoms with Crippen LogP contribution >= 0.6 is 12.2 Å². The molecule has 0 amide bonds. The highest BCUT2D eigenvalue weighted by Gasteiger charge is 2.10. The van der Waals surface area contributed by atoms with Crippen molar-refractivity contribution in [2.75, 3.05) is 6.61 Å². The maximum absolute atomic E-state index is 12.2. The molecule has 0 aliphatic heterocycles. The second-order valence-electron chi connectivity index (χ2n) is 3.72. The molecule has 94 valence electrons. The number of ether oxygens (including phenoxy) is 1. The molecule has 2 N–H and O–H groups in total. The van der Waals surface area contributed by atoms with E-state index < -0.39 is 13.0 Å². The van der Waals surface area contributed by atoms with E-state index in [1.807, 2.05) is 12.1 Å². The lowest BCUT2D eigenvalue weighted by Crippen LogP contribution is -2.11. The van der Waals surface area contributed by atoms with Gasteiger partial charge >= 0.3 is 0 Å². The summed E-state index contributed by atoms with van der Waals surface area (Å²) in [5.41, 5.74) is 6.34. The highest BCUT2D eigenvalue weighted by atomic mass is 32.1. The van der Waals surface area contributed by atoms with Gasteiger partial charge in [-0.1, -0.05) is 36.5 Å². The van der Waals surface area contributed by atoms with E-state index in [2.05, 4.69) is 0 Å². The van der Waals surface area contributed by atoms with Gasteiger partial charge in [0.15, 0.2) is 0 Å². The molecule has 18 heavy (non-hydrogen) atoms. The minimum atomic E-state index is -2.50. The molecule has 0 fully saturated rings. The van der Waals surface area contributed by atoms with Gasteiger partial charge in [0, 0.05) is 10.9 Å². The Hall–Kier alpha value is -1.75. The Balaban J connectivity index is 2.50. The molecule has 0 saturated carbocycles. The van der Waals surface area contributed by atoms with Crippen molar-refractivity contribution in [3.8, 4) is 5.75 Å². The summed E-state index contributed by atoms with van der Waals surface area (Å²) < 4.78 is 29.4. The lowest BCUT2D eigenvalue weighted by Gasteiger charge is -2.11. The third-order valence-electron chi connectivity index (χ3n) is 2.51. The first-order valence-electron chi connectivity index (χ1n) is 5.32. The molecule has 0 atom stereocenters. The third-order valence-corrected chi connectivity index (χ3v) is 2.73. The topological polar surface area (TPSA) is 35.2 Å². The molecule has 2 aromatic rings. The largest absolute Gasteiger partial charge is 0.487 e. The molecule has 0 heterocycles. The molecule has 0 aromatic heterocycles. The highest BCUT2D eigenvalue weighted by Crippen LogP contribution is 2.28. The van der Waals surface area contributed by atoms with E-state index in [1.54, 1.807) is 24.3 Å². The monoisotopic (exact) mass is 267 g/mol. The molecule has 0 unspecified atom stereocenters. The molecule has 0 bridgehead atoms. The summed E-state index contributed by atoms with van der Waals surface area (Å²) in [5.74, 6) is 0.408. The van der Waals surface area contributed by atoms with Crippen molar-refractivity contribution < 1.29 is 13.5 Å². The Kier molecular flexibility index (Phi) is 3.72. The molecule has 2 nitrogen and oxygen atoms in total. The van der Waals surface area contributed by atoms with Crippen LogP contribution in [0.1, 0.15) is 5.56 Å². The van der Waals surface area contributed by atoms with Gasteiger partial charge in [0.2, 0.25) is 0 Å². The molecule has 5 heteroatoms. The zero-order valence-corrected chi connectivity index (χ0v) is 10.2. The normalized spacial score (nSPS) is 10.8. The average Bonchev–Trinajstić information content (AvgIpc) is 2.35. The number of thiocarbonyl (C=S) groups is 1. The summed E-state index contributed by atoms with van der Waals surface area (Å²) in [5, 5.41) is 1.53. The van der Waals surface area contributed by atoms with E-state index in [4.69, 9.17) is 22.7 Å². The predicted octanol–water partition coefficient (Wildman–Crippen LogP) is 3.12. The smallest absolute Gasteiger partial charge is 0.272 e. The van der Waals surface area contributed by atoms with Crippen molar-refractivity contribution in [2.24, 2.45) is 5.73 Å². The van der Waals surface area contributed by atoms with Gasteiger partial charge in [-0.2, -0.15) is 0 Å². The number of halogens is 2. The van der Waals surface area contributed by atoms with Gasteiger partial charge in [-0.25, -0.2) is 8.78 Å². The minimum absolute atomic E-state index is 0.270. The Morgan fingerprint density at radius 1 is 1.17 bits per heavy atom. The van der Waals surface area contributed by atoms with Crippen molar-refractivity contribution in [3.63, 3.8) is 0 Å². The van der Waals surface area contributed by atoms with Crippen molar-refractivity contribution in [3.05, 3.63) is 42.0 Å². The first-order chi connectivity index (χ1) is 8.59. The SMILES string of the molecule is NC(=S)c1ccc(OCC(F)F)c2ccccc12. The number of benzene rings is 2. The zero-order chi connectivity index (χ0) is 13.1. The molecule has 0 radical (unpaired) electrons. The first kappa shape index (κ1) is 12.7. The Bertz CT molecular complexity index is 586. The fourth-order valence-electron chi connectivity index (χ4n) is 1.76. The number of rotatable bonds is 4. The lowest BCUT2D eigenvalue weighted by molar-refractivity contribution is 0.0827. The van der Waals surface area contributed by atoms with Gasteiger partial charge in [0.25, 0.3) is 6.43 Å². The molecule has 0 spiro atoms. The standard InChI is InChI=1S/C13H11F2NOS/c14-12(15)7-17-11-6-5-10(13(16)18)8-3-1-2-4-9(8)11/h1-6,12H,7H2,(H2,16,18). The molecule has 2 aromatic carbocycles. The van der Waals surface area contributed by atoms with Crippen LogP contribution in [0.2, 0.25) is 0 Å². The molecular weight excluding hydrogens is 256 g/mol. The van der Waals surface area contributed by atoms with Crippen LogP contribution in [-0.4, -0.2) is 18.0 Å². The van der Waals surface area contributed by atoms with E-state index in [0.29, 0.717) is 11.3 Å². The maximum Gasteiger partial charge on any atom is 0.272 e. The van der Waals surface area contributed by atoms with Gasteiger partial charge in [0.05, 0.1) is 0 Å². The van der Waals surface area contributed by atoms with Crippen LogP contribution in [0.15, 0.2) is 36.4 Å². The minimum Gasteiger partial charge on any atom is -0.487 e. The number of nitrogens with two attached hydrogens (primary N) is 1. The fourth-order valence-corrected chi connectivity index (χ4v) is 1.94. The number of alkyl halides is 2. The van der Waals surface area contributed by atoms with Crippen molar-refractivity contribution in [2.45, 2.75) is 6.43 Å². The summed E-state index contributed by atoms with van der Waals surface area (Å²) >= 11 is 4.96. The van der Waals surface area contributed by atoms with Crippen LogP contribution in [0.4, 0.5) is 8.78 Å². The molecule has 0 aliphatic rings. The molecule has 0 saturated heterocycles. The quantitative estimate of drug-likeness (QED) is 0.864. The highest BCUT2D eigenvalue weighted by molar-refractivity contribution is 7.80. The average molecular weight is 267 g/mol. The van der Waals surface area contributed by atoms with Crippen molar-refractivity contribution in [1.29, 1.82) is 0 Å². The lowest BCUT2D eigenvalue weighted by atomic mass is 10.0. The van der Waals surface area contributed by atoms with Gasteiger partial charge in [-0.05, 0) is 17.5 Å². The Morgan fingerprint density at radius 3 is 2.44 bits per heavy atom. The van der Waals surface area contributed by atoms with Gasteiger partial charge in [-0.15, -0.1) is 0 Å². The van der Waals surface area contributed by atoms with Crippen LogP contribution in [0.3, 0.4) is 0 Å². The summed E-state index contributed by atoms with van der Waals surface area (Å²) in [6, 6.07) is 10.6. The van der Waals surface area contributed by atoms with E-state index in [0.717, 1.165) is 10.8 Å². The van der Waals surface area contributed by atoms with Gasteiger partial charge < -0.3 is 10.5 Å². The van der Waals surface area contributed by atoms with E-state index in [-0.39, 0.29) is 4.99 Å². The zero-order valence-electron chi connectivity index (χ0n) is 9.40. The first-order valence-corrected chi connectivity index (χ1v) is 5.73. The van der Waals surface area contributed by atoms with Crippen LogP contribution in [0, 0.1) is 0 Å². The summed E-state index contributed by atoms with van der Waals surface area (Å²) in [4.78, 5) is 0.270. The van der Waals surface area contributed by atoms with Crippen LogP contribution < -0.4 is 10.5 Å². The second-order valence-corrected chi connectivity index (χ2v) is 4.16. The van der Waals surface area contributed by atoms with Crippen LogP contribution in [0.5, 0.6) is 5.75 Å². The Morgan fingerprint density at radius 2 is 1.83 bits per heavy atom. The third kappa shape index (κ3) is 2.56. The van der Waals surface area contributed by atoms with Crippen LogP contribution in [-0.2, 0) is 0 Å². The summed E-state index contributed by atoms with van der Waals surface area (Å²) in [6.45, 7) is -0.629. The van der Waals surface area contributed by atoms with Gasteiger partial charge in [0.1, 0.15) is 17.3 Å². The summed E-state index contributed by atoms with van der Waals surface area (Å²) in [7, 11) is 0. The van der Waals surface area contributed by atoms with Gasteiger partial charge in [-0.3, -0.25) is 0 Å². The number of fused-ring (bicyclic) bond motifs is 1. The molecule has 0 aliphatic carbocycles. The Labute approximate surface area is 108 Å². The molecule has 2 rings (SSSR count). The summed E-state index contributed by atoms with van der Waals surface area (Å²) in [6.07, 6.45) is -2.50. The maximum atomic E-state index is 12.2. The number of hydrogen-bond acceptors (Lipinski definition) is 2. The van der Waals surface area contributed by atoms with Crippen molar-refractivity contribution in [1.82, 2.24) is 0 Å². The van der Waals surface area contributed by atoms with Crippen molar-refractivity contribution >= 4 is 28.0 Å².